The summed E-state index contributed by atoms with van der Waals surface area (Å²) in [6.07, 6.45) is 2.56. The lowest BCUT2D eigenvalue weighted by Crippen LogP contribution is -2.38. The van der Waals surface area contributed by atoms with Crippen molar-refractivity contribution < 1.29 is 14.3 Å². The lowest BCUT2D eigenvalue weighted by atomic mass is 10.1. The maximum absolute atomic E-state index is 12.1. The van der Waals surface area contributed by atoms with Crippen LogP contribution < -0.4 is 5.32 Å². The minimum absolute atomic E-state index is 0.112. The van der Waals surface area contributed by atoms with Gasteiger partial charge >= 0.3 is 0 Å². The molecule has 112 valence electrons. The van der Waals surface area contributed by atoms with Gasteiger partial charge in [0.05, 0.1) is 18.4 Å². The predicted octanol–water partition coefficient (Wildman–Crippen LogP) is 2.48. The molecule has 21 heavy (non-hydrogen) atoms. The van der Waals surface area contributed by atoms with E-state index in [0.29, 0.717) is 6.42 Å². The smallest absolute Gasteiger partial charge is 0.287 e. The van der Waals surface area contributed by atoms with Crippen molar-refractivity contribution in [2.24, 2.45) is 0 Å². The number of benzene rings is 1. The van der Waals surface area contributed by atoms with E-state index in [1.54, 1.807) is 23.9 Å². The van der Waals surface area contributed by atoms with Gasteiger partial charge < -0.3 is 14.8 Å². The fraction of sp³-hybridized carbons (Fsp3) is 0.312. The Morgan fingerprint density at radius 1 is 1.29 bits per heavy atom. The molecule has 2 N–H and O–H groups in total. The summed E-state index contributed by atoms with van der Waals surface area (Å²) in [4.78, 5) is 12.1. The van der Waals surface area contributed by atoms with Gasteiger partial charge in [0.2, 0.25) is 0 Å². The summed E-state index contributed by atoms with van der Waals surface area (Å²) in [7, 11) is 0. The van der Waals surface area contributed by atoms with Gasteiger partial charge in [0.15, 0.2) is 5.76 Å². The van der Waals surface area contributed by atoms with Crippen LogP contribution in [0.1, 0.15) is 21.9 Å². The van der Waals surface area contributed by atoms with Gasteiger partial charge in [0.1, 0.15) is 5.76 Å². The molecule has 0 bridgehead atoms. The maximum atomic E-state index is 12.1. The molecule has 2 rings (SSSR count). The minimum atomic E-state index is -0.325. The topological polar surface area (TPSA) is 62.5 Å². The lowest BCUT2D eigenvalue weighted by Gasteiger charge is -2.15. The summed E-state index contributed by atoms with van der Waals surface area (Å²) in [6.45, 7) is -0.112. The molecular formula is C16H19NO3S. The van der Waals surface area contributed by atoms with E-state index in [4.69, 9.17) is 4.42 Å². The standard InChI is InChI=1S/C16H19NO3S/c1-21-11-14-7-8-15(20-14)16(19)17-13(10-18)9-12-5-3-2-4-6-12/h2-8,13,18H,9-11H2,1H3,(H,17,19). The van der Waals surface area contributed by atoms with Crippen molar-refractivity contribution in [2.45, 2.75) is 18.2 Å². The highest BCUT2D eigenvalue weighted by molar-refractivity contribution is 7.97. The number of hydrogen-bond acceptors (Lipinski definition) is 4. The molecule has 0 saturated carbocycles. The Hall–Kier alpha value is -1.72. The SMILES string of the molecule is CSCc1ccc(C(=O)NC(CO)Cc2ccccc2)o1. The Kier molecular flexibility index (Phi) is 5.90. The van der Waals surface area contributed by atoms with Crippen molar-refractivity contribution in [2.75, 3.05) is 12.9 Å². The zero-order chi connectivity index (χ0) is 15.1. The maximum Gasteiger partial charge on any atom is 0.287 e. The van der Waals surface area contributed by atoms with Crippen molar-refractivity contribution in [3.63, 3.8) is 0 Å². The first-order valence-corrected chi connectivity index (χ1v) is 8.15. The Balaban J connectivity index is 1.95. The Morgan fingerprint density at radius 3 is 2.71 bits per heavy atom. The number of hydrogen-bond donors (Lipinski definition) is 2. The summed E-state index contributed by atoms with van der Waals surface area (Å²) >= 11 is 1.63. The Labute approximate surface area is 128 Å². The number of carbonyl (C=O) groups is 1. The first-order chi connectivity index (χ1) is 10.2. The highest BCUT2D eigenvalue weighted by Crippen LogP contribution is 2.13. The zero-order valence-electron chi connectivity index (χ0n) is 11.9. The summed E-state index contributed by atoms with van der Waals surface area (Å²) in [5.41, 5.74) is 1.07. The van der Waals surface area contributed by atoms with Crippen LogP contribution in [0.25, 0.3) is 0 Å². The normalized spacial score (nSPS) is 12.1. The second-order valence-electron chi connectivity index (χ2n) is 4.74. The van der Waals surface area contributed by atoms with Gasteiger partial charge in [0, 0.05) is 0 Å². The summed E-state index contributed by atoms with van der Waals surface area (Å²) < 4.78 is 5.47. The van der Waals surface area contributed by atoms with Crippen LogP contribution in [0.4, 0.5) is 0 Å². The van der Waals surface area contributed by atoms with Gasteiger partial charge in [-0.25, -0.2) is 0 Å². The van der Waals surface area contributed by atoms with Crippen LogP contribution >= 0.6 is 11.8 Å². The fourth-order valence-electron chi connectivity index (χ4n) is 2.04. The molecule has 2 aromatic rings. The monoisotopic (exact) mass is 305 g/mol. The molecule has 1 aromatic heterocycles. The van der Waals surface area contributed by atoms with Crippen LogP contribution in [-0.2, 0) is 12.2 Å². The molecule has 0 aliphatic rings. The molecular weight excluding hydrogens is 286 g/mol. The Morgan fingerprint density at radius 2 is 2.05 bits per heavy atom. The number of thioether (sulfide) groups is 1. The van der Waals surface area contributed by atoms with Crippen LogP contribution in [-0.4, -0.2) is 29.9 Å². The average Bonchev–Trinajstić information content (AvgIpc) is 2.97. The third-order valence-electron chi connectivity index (χ3n) is 3.05. The highest BCUT2D eigenvalue weighted by atomic mass is 32.2. The minimum Gasteiger partial charge on any atom is -0.455 e. The number of rotatable bonds is 7. The van der Waals surface area contributed by atoms with Gasteiger partial charge in [-0.3, -0.25) is 4.79 Å². The van der Waals surface area contributed by atoms with Crippen molar-refractivity contribution in [3.05, 3.63) is 59.5 Å². The van der Waals surface area contributed by atoms with Crippen molar-refractivity contribution in [1.82, 2.24) is 5.32 Å². The fourth-order valence-corrected chi connectivity index (χ4v) is 2.48. The summed E-state index contributed by atoms with van der Waals surface area (Å²) in [5, 5.41) is 12.2. The molecule has 5 heteroatoms. The summed E-state index contributed by atoms with van der Waals surface area (Å²) in [5.74, 6) is 1.50. The molecule has 1 atom stereocenters. The van der Waals surface area contributed by atoms with Gasteiger partial charge in [-0.05, 0) is 30.4 Å². The molecule has 4 nitrogen and oxygen atoms in total. The van der Waals surface area contributed by atoms with E-state index in [0.717, 1.165) is 17.1 Å². The quantitative estimate of drug-likeness (QED) is 0.825. The van der Waals surface area contributed by atoms with Gasteiger partial charge in [-0.2, -0.15) is 11.8 Å². The molecule has 0 aliphatic carbocycles. The average molecular weight is 305 g/mol. The van der Waals surface area contributed by atoms with Crippen LogP contribution in [0.3, 0.4) is 0 Å². The summed E-state index contributed by atoms with van der Waals surface area (Å²) in [6, 6.07) is 12.9. The molecule has 1 aromatic carbocycles. The van der Waals surface area contributed by atoms with E-state index < -0.39 is 0 Å². The molecule has 0 saturated heterocycles. The van der Waals surface area contributed by atoms with Crippen LogP contribution in [0.2, 0.25) is 0 Å². The number of aliphatic hydroxyl groups excluding tert-OH is 1. The second-order valence-corrected chi connectivity index (χ2v) is 5.61. The number of carbonyl (C=O) groups excluding carboxylic acids is 1. The first-order valence-electron chi connectivity index (χ1n) is 6.76. The number of nitrogens with one attached hydrogen (secondary N) is 1. The molecule has 0 radical (unpaired) electrons. The molecule has 1 heterocycles. The molecule has 0 fully saturated rings. The Bertz CT molecular complexity index is 568. The van der Waals surface area contributed by atoms with E-state index in [2.05, 4.69) is 5.32 Å². The molecule has 0 aliphatic heterocycles. The van der Waals surface area contributed by atoms with Crippen LogP contribution in [0, 0.1) is 0 Å². The van der Waals surface area contributed by atoms with E-state index in [1.807, 2.05) is 36.6 Å². The largest absolute Gasteiger partial charge is 0.455 e. The first kappa shape index (κ1) is 15.7. The van der Waals surface area contributed by atoms with E-state index in [9.17, 15) is 9.90 Å². The van der Waals surface area contributed by atoms with Crippen molar-refractivity contribution in [3.8, 4) is 0 Å². The lowest BCUT2D eigenvalue weighted by molar-refractivity contribution is 0.0887. The molecule has 0 spiro atoms. The second kappa shape index (κ2) is 7.90. The van der Waals surface area contributed by atoms with Gasteiger partial charge in [-0.1, -0.05) is 30.3 Å². The zero-order valence-corrected chi connectivity index (χ0v) is 12.7. The van der Waals surface area contributed by atoms with Crippen LogP contribution in [0.5, 0.6) is 0 Å². The van der Waals surface area contributed by atoms with Gasteiger partial charge in [0.25, 0.3) is 5.91 Å². The third-order valence-corrected chi connectivity index (χ3v) is 3.63. The number of amides is 1. The van der Waals surface area contributed by atoms with Gasteiger partial charge in [-0.15, -0.1) is 0 Å². The van der Waals surface area contributed by atoms with E-state index >= 15 is 0 Å². The third kappa shape index (κ3) is 4.65. The number of furan rings is 1. The van der Waals surface area contributed by atoms with Crippen molar-refractivity contribution in [1.29, 1.82) is 0 Å². The number of aliphatic hydroxyl groups is 1. The van der Waals surface area contributed by atoms with Crippen LogP contribution in [0.15, 0.2) is 46.9 Å². The van der Waals surface area contributed by atoms with E-state index in [-0.39, 0.29) is 24.3 Å². The van der Waals surface area contributed by atoms with E-state index in [1.165, 1.54) is 0 Å². The molecule has 1 amide bonds. The van der Waals surface area contributed by atoms with Crippen molar-refractivity contribution >= 4 is 17.7 Å². The predicted molar refractivity (Wildman–Crippen MR) is 84.4 cm³/mol. The molecule has 1 unspecified atom stereocenters. The highest BCUT2D eigenvalue weighted by Gasteiger charge is 2.16.